The minimum Gasteiger partial charge on any atom is -0.340 e. The molecule has 1 aromatic carbocycles. The third kappa shape index (κ3) is 3.47. The van der Waals surface area contributed by atoms with Crippen LogP contribution < -0.4 is 5.32 Å². The van der Waals surface area contributed by atoms with Crippen molar-refractivity contribution < 1.29 is 4.39 Å². The van der Waals surface area contributed by atoms with Gasteiger partial charge in [0.05, 0.1) is 0 Å². The number of nitrogens with zero attached hydrogens (tertiary/aromatic N) is 2. The fraction of sp³-hybridized carbons (Fsp3) is 0.263. The zero-order valence-corrected chi connectivity index (χ0v) is 13.3. The number of anilines is 2. The van der Waals surface area contributed by atoms with Gasteiger partial charge in [0.2, 0.25) is 0 Å². The topological polar surface area (TPSA) is 37.8 Å². The highest BCUT2D eigenvalue weighted by molar-refractivity contribution is 5.70. The number of allylic oxidation sites excluding steroid dienone is 3. The molecule has 1 aliphatic carbocycles. The lowest BCUT2D eigenvalue weighted by Gasteiger charge is -2.20. The maximum atomic E-state index is 13.4. The van der Waals surface area contributed by atoms with Crippen LogP contribution in [0.2, 0.25) is 0 Å². The summed E-state index contributed by atoms with van der Waals surface area (Å²) in [6.45, 7) is 5.97. The first-order valence-corrected chi connectivity index (χ1v) is 7.91. The van der Waals surface area contributed by atoms with Gasteiger partial charge < -0.3 is 5.32 Å². The van der Waals surface area contributed by atoms with Crippen LogP contribution in [0.1, 0.15) is 36.8 Å². The van der Waals surface area contributed by atoms with Gasteiger partial charge in [0, 0.05) is 22.5 Å². The zero-order valence-electron chi connectivity index (χ0n) is 13.3. The zero-order chi connectivity index (χ0) is 16.2. The van der Waals surface area contributed by atoms with Gasteiger partial charge in [0.15, 0.2) is 5.82 Å². The summed E-state index contributed by atoms with van der Waals surface area (Å²) < 4.78 is 13.4. The van der Waals surface area contributed by atoms with Gasteiger partial charge >= 0.3 is 0 Å². The second-order valence-electron chi connectivity index (χ2n) is 5.69. The number of hydrogen-bond donors (Lipinski definition) is 1. The molecule has 2 aromatic rings. The number of fused-ring (bicyclic) bond motifs is 1. The fourth-order valence-corrected chi connectivity index (χ4v) is 2.82. The van der Waals surface area contributed by atoms with E-state index in [0.717, 1.165) is 48.3 Å². The Morgan fingerprint density at radius 3 is 2.87 bits per heavy atom. The Kier molecular flexibility index (Phi) is 4.51. The minimum absolute atomic E-state index is 0.267. The van der Waals surface area contributed by atoms with Crippen LogP contribution in [0, 0.1) is 5.82 Å². The molecule has 1 N–H and O–H groups in total. The predicted molar refractivity (Wildman–Crippen MR) is 92.2 cm³/mol. The molecule has 0 atom stereocenters. The fourth-order valence-electron chi connectivity index (χ4n) is 2.82. The van der Waals surface area contributed by atoms with Crippen LogP contribution in [0.15, 0.2) is 43.0 Å². The Balaban J connectivity index is 2.03. The Morgan fingerprint density at radius 2 is 2.09 bits per heavy atom. The molecule has 0 aliphatic heterocycles. The van der Waals surface area contributed by atoms with Crippen molar-refractivity contribution in [1.82, 2.24) is 9.97 Å². The van der Waals surface area contributed by atoms with E-state index in [1.807, 2.05) is 25.1 Å². The van der Waals surface area contributed by atoms with Crippen molar-refractivity contribution in [2.24, 2.45) is 0 Å². The Labute approximate surface area is 136 Å². The lowest BCUT2D eigenvalue weighted by molar-refractivity contribution is 0.628. The number of aryl methyl sites for hydroxylation is 1. The van der Waals surface area contributed by atoms with Crippen LogP contribution in [-0.2, 0) is 12.8 Å². The molecule has 3 rings (SSSR count). The van der Waals surface area contributed by atoms with Crippen molar-refractivity contribution in [1.29, 1.82) is 0 Å². The molecule has 1 aromatic heterocycles. The lowest BCUT2D eigenvalue weighted by Crippen LogP contribution is -2.13. The molecule has 0 saturated carbocycles. The lowest BCUT2D eigenvalue weighted by atomic mass is 9.96. The molecule has 0 amide bonds. The number of benzene rings is 1. The summed E-state index contributed by atoms with van der Waals surface area (Å²) >= 11 is 0. The highest BCUT2D eigenvalue weighted by Gasteiger charge is 2.18. The first-order chi connectivity index (χ1) is 11.2. The summed E-state index contributed by atoms with van der Waals surface area (Å²) in [7, 11) is 0. The third-order valence-corrected chi connectivity index (χ3v) is 3.93. The molecule has 118 valence electrons. The van der Waals surface area contributed by atoms with Gasteiger partial charge in [0.25, 0.3) is 0 Å². The first-order valence-electron chi connectivity index (χ1n) is 7.91. The molecule has 4 heteroatoms. The summed E-state index contributed by atoms with van der Waals surface area (Å²) in [5, 5.41) is 3.25. The van der Waals surface area contributed by atoms with E-state index >= 15 is 0 Å². The number of halogens is 1. The molecule has 0 fully saturated rings. The summed E-state index contributed by atoms with van der Waals surface area (Å²) in [6.07, 6.45) is 7.98. The maximum absolute atomic E-state index is 13.4. The van der Waals surface area contributed by atoms with Crippen LogP contribution in [0.4, 0.5) is 15.9 Å². The number of hydrogen-bond acceptors (Lipinski definition) is 3. The number of rotatable bonds is 4. The summed E-state index contributed by atoms with van der Waals surface area (Å²) in [5.41, 5.74) is 3.69. The molecule has 1 aliphatic rings. The van der Waals surface area contributed by atoms with E-state index in [4.69, 9.17) is 0 Å². The molecule has 0 unspecified atom stereocenters. The highest BCUT2D eigenvalue weighted by atomic mass is 19.1. The monoisotopic (exact) mass is 309 g/mol. The number of aromatic nitrogens is 2. The molecule has 0 saturated heterocycles. The Bertz CT molecular complexity index is 765. The van der Waals surface area contributed by atoms with E-state index in [1.54, 1.807) is 6.07 Å². The van der Waals surface area contributed by atoms with Gasteiger partial charge in [-0.2, -0.15) is 0 Å². The van der Waals surface area contributed by atoms with Gasteiger partial charge in [-0.25, -0.2) is 14.4 Å². The van der Waals surface area contributed by atoms with E-state index in [-0.39, 0.29) is 5.82 Å². The summed E-state index contributed by atoms with van der Waals surface area (Å²) in [4.78, 5) is 9.31. The van der Waals surface area contributed by atoms with Crippen LogP contribution in [-0.4, -0.2) is 9.97 Å². The van der Waals surface area contributed by atoms with Crippen LogP contribution in [0.5, 0.6) is 0 Å². The normalized spacial score (nSPS) is 13.8. The van der Waals surface area contributed by atoms with E-state index in [9.17, 15) is 4.39 Å². The van der Waals surface area contributed by atoms with E-state index in [1.165, 1.54) is 12.1 Å². The predicted octanol–water partition coefficient (Wildman–Crippen LogP) is 4.83. The minimum atomic E-state index is -0.267. The van der Waals surface area contributed by atoms with Crippen LogP contribution in [0.25, 0.3) is 5.57 Å². The molecule has 0 radical (unpaired) electrons. The van der Waals surface area contributed by atoms with Crippen LogP contribution >= 0.6 is 0 Å². The molecule has 3 nitrogen and oxygen atoms in total. The summed E-state index contributed by atoms with van der Waals surface area (Å²) in [6, 6.07) is 6.42. The van der Waals surface area contributed by atoms with Crippen molar-refractivity contribution >= 4 is 17.1 Å². The SMILES string of the molecule is C=C(/C=C\C)c1nc2c(c(Nc3cccc(F)c3)n1)CCCC2. The van der Waals surface area contributed by atoms with Crippen molar-refractivity contribution in [2.75, 3.05) is 5.32 Å². The van der Waals surface area contributed by atoms with Gasteiger partial charge in [-0.05, 0) is 50.8 Å². The van der Waals surface area contributed by atoms with Crippen molar-refractivity contribution in [3.05, 3.63) is 65.9 Å². The maximum Gasteiger partial charge on any atom is 0.161 e. The molecule has 23 heavy (non-hydrogen) atoms. The molecule has 0 spiro atoms. The second-order valence-corrected chi connectivity index (χ2v) is 5.69. The van der Waals surface area contributed by atoms with E-state index in [0.29, 0.717) is 11.5 Å². The summed E-state index contributed by atoms with van der Waals surface area (Å²) in [5.74, 6) is 1.13. The average molecular weight is 309 g/mol. The van der Waals surface area contributed by atoms with Crippen molar-refractivity contribution in [3.63, 3.8) is 0 Å². The van der Waals surface area contributed by atoms with Gasteiger partial charge in [0.1, 0.15) is 11.6 Å². The first kappa shape index (κ1) is 15.4. The van der Waals surface area contributed by atoms with Gasteiger partial charge in [-0.15, -0.1) is 0 Å². The number of nitrogens with one attached hydrogen (secondary N) is 1. The average Bonchev–Trinajstić information content (AvgIpc) is 2.55. The highest BCUT2D eigenvalue weighted by Crippen LogP contribution is 2.29. The molecule has 1 heterocycles. The van der Waals surface area contributed by atoms with Gasteiger partial charge in [-0.1, -0.05) is 24.8 Å². The smallest absolute Gasteiger partial charge is 0.161 e. The molecular weight excluding hydrogens is 289 g/mol. The van der Waals surface area contributed by atoms with Crippen molar-refractivity contribution in [2.45, 2.75) is 32.6 Å². The Hall–Kier alpha value is -2.49. The quantitative estimate of drug-likeness (QED) is 0.822. The third-order valence-electron chi connectivity index (χ3n) is 3.93. The molecule has 0 bridgehead atoms. The van der Waals surface area contributed by atoms with E-state index in [2.05, 4.69) is 21.9 Å². The van der Waals surface area contributed by atoms with E-state index < -0.39 is 0 Å². The van der Waals surface area contributed by atoms with Crippen molar-refractivity contribution in [3.8, 4) is 0 Å². The van der Waals surface area contributed by atoms with Crippen LogP contribution in [0.3, 0.4) is 0 Å². The molecular formula is C19H20FN3. The second kappa shape index (κ2) is 6.73. The Morgan fingerprint density at radius 1 is 1.26 bits per heavy atom. The van der Waals surface area contributed by atoms with Gasteiger partial charge in [-0.3, -0.25) is 0 Å². The largest absolute Gasteiger partial charge is 0.340 e. The standard InChI is InChI=1S/C19H20FN3/c1-3-7-13(2)18-22-17-11-5-4-10-16(17)19(23-18)21-15-9-6-8-14(20)12-15/h3,6-9,12H,2,4-5,10-11H2,1H3,(H,21,22,23)/b7-3-.